The van der Waals surface area contributed by atoms with Crippen molar-refractivity contribution in [3.8, 4) is 16.9 Å². The molecule has 224 valence electrons. The van der Waals surface area contributed by atoms with E-state index in [0.717, 1.165) is 35.2 Å². The molecular formula is C31H39N5O5S. The number of aromatic nitrogens is 3. The maximum Gasteiger partial charge on any atom is 0.263 e. The molecule has 0 aliphatic rings. The zero-order chi connectivity index (χ0) is 30.3. The van der Waals surface area contributed by atoms with E-state index in [0.29, 0.717) is 60.6 Å². The van der Waals surface area contributed by atoms with E-state index >= 15 is 0 Å². The SMILES string of the molecule is CCCCOc1c(C)nc(C)nc1NCc1ccc(-c2ccccc2S(=O)(=O)Nc2noc(C)c2C)c(COCC)c1. The van der Waals surface area contributed by atoms with Crippen molar-refractivity contribution < 1.29 is 22.4 Å². The number of rotatable bonds is 14. The minimum atomic E-state index is -3.97. The smallest absolute Gasteiger partial charge is 0.263 e. The van der Waals surface area contributed by atoms with Gasteiger partial charge in [-0.1, -0.05) is 54.9 Å². The molecule has 0 bridgehead atoms. The van der Waals surface area contributed by atoms with Gasteiger partial charge in [-0.3, -0.25) is 4.72 Å². The van der Waals surface area contributed by atoms with E-state index in [1.165, 1.54) is 0 Å². The molecule has 2 aromatic carbocycles. The summed E-state index contributed by atoms with van der Waals surface area (Å²) < 4.78 is 46.6. The Labute approximate surface area is 247 Å². The molecule has 2 N–H and O–H groups in total. The Balaban J connectivity index is 1.65. The van der Waals surface area contributed by atoms with Gasteiger partial charge in [-0.2, -0.15) is 0 Å². The number of anilines is 2. The molecule has 11 heteroatoms. The highest BCUT2D eigenvalue weighted by Gasteiger charge is 2.23. The fraction of sp³-hybridized carbons (Fsp3) is 0.387. The summed E-state index contributed by atoms with van der Waals surface area (Å²) in [6.45, 7) is 13.2. The van der Waals surface area contributed by atoms with Crippen LogP contribution in [0.4, 0.5) is 11.6 Å². The molecule has 0 saturated carbocycles. The first-order valence-electron chi connectivity index (χ1n) is 14.1. The minimum absolute atomic E-state index is 0.134. The Kier molecular flexibility index (Phi) is 10.2. The summed E-state index contributed by atoms with van der Waals surface area (Å²) >= 11 is 0. The van der Waals surface area contributed by atoms with Gasteiger partial charge >= 0.3 is 0 Å². The summed E-state index contributed by atoms with van der Waals surface area (Å²) in [6, 6.07) is 12.8. The molecule has 42 heavy (non-hydrogen) atoms. The summed E-state index contributed by atoms with van der Waals surface area (Å²) in [4.78, 5) is 9.19. The number of benzene rings is 2. The van der Waals surface area contributed by atoms with Gasteiger partial charge in [0.1, 0.15) is 11.6 Å². The van der Waals surface area contributed by atoms with Gasteiger partial charge in [0.05, 0.1) is 23.8 Å². The molecule has 0 radical (unpaired) electrons. The van der Waals surface area contributed by atoms with Gasteiger partial charge in [-0.15, -0.1) is 0 Å². The third-order valence-corrected chi connectivity index (χ3v) is 8.23. The van der Waals surface area contributed by atoms with Gasteiger partial charge < -0.3 is 19.3 Å². The second-order valence-corrected chi connectivity index (χ2v) is 11.7. The summed E-state index contributed by atoms with van der Waals surface area (Å²) in [5.74, 6) is 2.69. The first-order valence-corrected chi connectivity index (χ1v) is 15.6. The lowest BCUT2D eigenvalue weighted by atomic mass is 9.97. The van der Waals surface area contributed by atoms with Gasteiger partial charge in [0.15, 0.2) is 17.4 Å². The number of ether oxygens (including phenoxy) is 2. The van der Waals surface area contributed by atoms with E-state index < -0.39 is 10.0 Å². The number of hydrogen-bond donors (Lipinski definition) is 2. The quantitative estimate of drug-likeness (QED) is 0.158. The van der Waals surface area contributed by atoms with Crippen LogP contribution in [0, 0.1) is 27.7 Å². The Hall–Kier alpha value is -3.96. The lowest BCUT2D eigenvalue weighted by molar-refractivity contribution is 0.134. The highest BCUT2D eigenvalue weighted by atomic mass is 32.2. The van der Waals surface area contributed by atoms with Gasteiger partial charge in [-0.25, -0.2) is 18.4 Å². The van der Waals surface area contributed by atoms with E-state index in [1.807, 2.05) is 45.0 Å². The van der Waals surface area contributed by atoms with E-state index in [-0.39, 0.29) is 10.7 Å². The monoisotopic (exact) mass is 593 g/mol. The van der Waals surface area contributed by atoms with E-state index in [2.05, 4.69) is 32.1 Å². The third-order valence-electron chi connectivity index (χ3n) is 6.84. The molecular weight excluding hydrogens is 554 g/mol. The molecule has 0 unspecified atom stereocenters. The average molecular weight is 594 g/mol. The van der Waals surface area contributed by atoms with Crippen molar-refractivity contribution in [2.45, 2.75) is 72.4 Å². The van der Waals surface area contributed by atoms with Crippen molar-refractivity contribution in [1.29, 1.82) is 0 Å². The normalized spacial score (nSPS) is 11.5. The van der Waals surface area contributed by atoms with Crippen LogP contribution >= 0.6 is 0 Å². The van der Waals surface area contributed by atoms with E-state index in [1.54, 1.807) is 32.0 Å². The van der Waals surface area contributed by atoms with Gasteiger partial charge in [0.25, 0.3) is 10.0 Å². The summed E-state index contributed by atoms with van der Waals surface area (Å²) in [6.07, 6.45) is 1.98. The molecule has 0 spiro atoms. The molecule has 2 heterocycles. The highest BCUT2D eigenvalue weighted by molar-refractivity contribution is 7.92. The average Bonchev–Trinajstić information content (AvgIpc) is 3.27. The first kappa shape index (κ1) is 31.0. The predicted molar refractivity (Wildman–Crippen MR) is 163 cm³/mol. The van der Waals surface area contributed by atoms with Crippen molar-refractivity contribution in [2.24, 2.45) is 0 Å². The molecule has 0 saturated heterocycles. The highest BCUT2D eigenvalue weighted by Crippen LogP contribution is 2.33. The molecule has 0 aliphatic carbocycles. The number of aryl methyl sites for hydroxylation is 3. The van der Waals surface area contributed by atoms with Crippen molar-refractivity contribution in [3.63, 3.8) is 0 Å². The van der Waals surface area contributed by atoms with Crippen molar-refractivity contribution >= 4 is 21.7 Å². The number of unbranched alkanes of at least 4 members (excludes halogenated alkanes) is 1. The maximum absolute atomic E-state index is 13.5. The fourth-order valence-corrected chi connectivity index (χ4v) is 5.75. The van der Waals surface area contributed by atoms with E-state index in [4.69, 9.17) is 14.0 Å². The minimum Gasteiger partial charge on any atom is -0.488 e. The predicted octanol–water partition coefficient (Wildman–Crippen LogP) is 6.49. The van der Waals surface area contributed by atoms with Crippen LogP contribution in [-0.4, -0.2) is 36.8 Å². The summed E-state index contributed by atoms with van der Waals surface area (Å²) in [5, 5.41) is 7.28. The zero-order valence-corrected chi connectivity index (χ0v) is 25.9. The molecule has 4 rings (SSSR count). The molecule has 10 nitrogen and oxygen atoms in total. The topological polar surface area (TPSA) is 128 Å². The van der Waals surface area contributed by atoms with Gasteiger partial charge in [0.2, 0.25) is 0 Å². The molecule has 0 fully saturated rings. The Bertz CT molecular complexity index is 1630. The summed E-state index contributed by atoms with van der Waals surface area (Å²) in [7, 11) is -3.97. The Morgan fingerprint density at radius 3 is 2.45 bits per heavy atom. The standard InChI is InChI=1S/C31H39N5O5S/c1-7-9-16-40-29-21(4)33-23(6)34-31(29)32-18-24-14-15-26(25(17-24)19-39-8-2)27-12-10-11-13-28(27)42(37,38)36-30-20(3)22(5)41-35-30/h10-15,17H,7-9,16,18-19H2,1-6H3,(H,35,36)(H,32,33,34). The van der Waals surface area contributed by atoms with E-state index in [9.17, 15) is 8.42 Å². The molecule has 0 atom stereocenters. The van der Waals surface area contributed by atoms with Gasteiger partial charge in [0, 0.05) is 24.3 Å². The molecule has 4 aromatic rings. The van der Waals surface area contributed by atoms with Crippen LogP contribution in [0.3, 0.4) is 0 Å². The van der Waals surface area contributed by atoms with Crippen LogP contribution in [0.2, 0.25) is 0 Å². The molecule has 2 aromatic heterocycles. The maximum atomic E-state index is 13.5. The van der Waals surface area contributed by atoms with Crippen LogP contribution in [0.15, 0.2) is 51.9 Å². The van der Waals surface area contributed by atoms with Crippen LogP contribution < -0.4 is 14.8 Å². The van der Waals surface area contributed by atoms with Crippen LogP contribution in [0.25, 0.3) is 11.1 Å². The van der Waals surface area contributed by atoms with Crippen LogP contribution in [0.1, 0.15) is 60.7 Å². The van der Waals surface area contributed by atoms with Crippen molar-refractivity contribution in [2.75, 3.05) is 23.3 Å². The van der Waals surface area contributed by atoms with Crippen molar-refractivity contribution in [3.05, 3.63) is 76.4 Å². The number of nitrogens with zero attached hydrogens (tertiary/aromatic N) is 3. The first-order chi connectivity index (χ1) is 20.1. The summed E-state index contributed by atoms with van der Waals surface area (Å²) in [5.41, 5.74) is 4.59. The van der Waals surface area contributed by atoms with Crippen LogP contribution in [-0.2, 0) is 27.9 Å². The molecule has 0 aliphatic heterocycles. The lowest BCUT2D eigenvalue weighted by Gasteiger charge is -2.17. The largest absolute Gasteiger partial charge is 0.488 e. The Morgan fingerprint density at radius 2 is 1.74 bits per heavy atom. The number of sulfonamides is 1. The third kappa shape index (κ3) is 7.27. The zero-order valence-electron chi connectivity index (χ0n) is 25.1. The number of hydrogen-bond acceptors (Lipinski definition) is 9. The second kappa shape index (κ2) is 13.8. The van der Waals surface area contributed by atoms with Crippen molar-refractivity contribution in [1.82, 2.24) is 15.1 Å². The second-order valence-electron chi connectivity index (χ2n) is 10.0. The van der Waals surface area contributed by atoms with Crippen LogP contribution in [0.5, 0.6) is 5.75 Å². The lowest BCUT2D eigenvalue weighted by Crippen LogP contribution is -2.15. The number of nitrogens with one attached hydrogen (secondary N) is 2. The fourth-order valence-electron chi connectivity index (χ4n) is 4.47. The molecule has 0 amide bonds. The van der Waals surface area contributed by atoms with Gasteiger partial charge in [-0.05, 0) is 63.8 Å². The Morgan fingerprint density at radius 1 is 0.952 bits per heavy atom.